The van der Waals surface area contributed by atoms with Gasteiger partial charge in [0.25, 0.3) is 0 Å². The van der Waals surface area contributed by atoms with Crippen LogP contribution in [0.2, 0.25) is 0 Å². The van der Waals surface area contributed by atoms with Crippen LogP contribution in [-0.4, -0.2) is 45.3 Å². The lowest BCUT2D eigenvalue weighted by molar-refractivity contribution is -0.176. The summed E-state index contributed by atoms with van der Waals surface area (Å²) in [5, 5.41) is 0. The van der Waals surface area contributed by atoms with Crippen LogP contribution < -0.4 is 4.72 Å². The summed E-state index contributed by atoms with van der Waals surface area (Å²) in [6.45, 7) is 6.27. The molecule has 0 radical (unpaired) electrons. The highest BCUT2D eigenvalue weighted by molar-refractivity contribution is 7.92. The Labute approximate surface area is 139 Å². The van der Waals surface area contributed by atoms with Gasteiger partial charge in [0.2, 0.25) is 10.0 Å². The predicted molar refractivity (Wildman–Crippen MR) is 92.2 cm³/mol. The Bertz CT molecular complexity index is 705. The van der Waals surface area contributed by atoms with Crippen LogP contribution >= 0.6 is 0 Å². The van der Waals surface area contributed by atoms with Gasteiger partial charge in [0.05, 0.1) is 17.5 Å². The molecule has 0 unspecified atom stereocenters. The largest absolute Gasteiger partial charge is 0.364 e. The average Bonchev–Trinajstić information content (AvgIpc) is 2.41. The molecule has 3 rings (SSSR count). The summed E-state index contributed by atoms with van der Waals surface area (Å²) < 4.78 is 32.0. The van der Waals surface area contributed by atoms with Crippen molar-refractivity contribution in [2.75, 3.05) is 31.1 Å². The van der Waals surface area contributed by atoms with Gasteiger partial charge in [-0.1, -0.05) is 6.07 Å². The van der Waals surface area contributed by atoms with E-state index in [0.29, 0.717) is 5.69 Å². The molecule has 128 valence electrons. The third kappa shape index (κ3) is 3.54. The van der Waals surface area contributed by atoms with E-state index >= 15 is 0 Å². The number of nitrogens with one attached hydrogen (secondary N) is 1. The summed E-state index contributed by atoms with van der Waals surface area (Å²) in [4.78, 5) is 2.34. The molecule has 0 amide bonds. The van der Waals surface area contributed by atoms with Crippen LogP contribution in [0, 0.1) is 0 Å². The predicted octanol–water partition coefficient (Wildman–Crippen LogP) is 2.33. The quantitative estimate of drug-likeness (QED) is 0.899. The van der Waals surface area contributed by atoms with Crippen molar-refractivity contribution in [2.45, 2.75) is 44.3 Å². The molecule has 1 spiro atoms. The Kier molecular flexibility index (Phi) is 3.98. The van der Waals surface area contributed by atoms with E-state index in [4.69, 9.17) is 4.74 Å². The van der Waals surface area contributed by atoms with Gasteiger partial charge >= 0.3 is 0 Å². The summed E-state index contributed by atoms with van der Waals surface area (Å²) in [6.07, 6.45) is 4.14. The van der Waals surface area contributed by atoms with Crippen LogP contribution in [0.15, 0.2) is 18.2 Å². The highest BCUT2D eigenvalue weighted by Gasteiger charge is 2.45. The Balaban J connectivity index is 1.93. The summed E-state index contributed by atoms with van der Waals surface area (Å²) in [7, 11) is -1.12. The van der Waals surface area contributed by atoms with Gasteiger partial charge in [-0.2, -0.15) is 0 Å². The molecule has 1 aromatic rings. The van der Waals surface area contributed by atoms with Gasteiger partial charge in [-0.3, -0.25) is 4.72 Å². The van der Waals surface area contributed by atoms with Gasteiger partial charge in [0.15, 0.2) is 0 Å². The minimum absolute atomic E-state index is 0.0885. The van der Waals surface area contributed by atoms with E-state index in [0.717, 1.165) is 37.9 Å². The molecular weight excluding hydrogens is 312 g/mol. The number of ether oxygens (including phenoxy) is 1. The molecule has 2 heterocycles. The Morgan fingerprint density at radius 1 is 1.22 bits per heavy atom. The fraction of sp³-hybridized carbons (Fsp3) is 0.647. The minimum Gasteiger partial charge on any atom is -0.364 e. The van der Waals surface area contributed by atoms with Crippen LogP contribution in [0.1, 0.15) is 37.8 Å². The SMILES string of the molecule is CN1CCC2(CC1)Cc1ccc(NS(C)(=O)=O)cc1C(C)(C)O2. The first-order chi connectivity index (χ1) is 10.6. The van der Waals surface area contributed by atoms with E-state index in [2.05, 4.69) is 30.5 Å². The molecule has 0 saturated carbocycles. The maximum absolute atomic E-state index is 11.5. The van der Waals surface area contributed by atoms with Crippen molar-refractivity contribution in [1.82, 2.24) is 4.90 Å². The van der Waals surface area contributed by atoms with Gasteiger partial charge in [-0.05, 0) is 57.0 Å². The maximum Gasteiger partial charge on any atom is 0.229 e. The standard InChI is InChI=1S/C17H26N2O3S/c1-16(2)15-11-14(18-23(4,20)21)6-5-13(15)12-17(22-16)7-9-19(3)10-8-17/h5-6,11,18H,7-10,12H2,1-4H3. The number of rotatable bonds is 2. The smallest absolute Gasteiger partial charge is 0.229 e. The van der Waals surface area contributed by atoms with Crippen molar-refractivity contribution in [3.8, 4) is 0 Å². The summed E-state index contributed by atoms with van der Waals surface area (Å²) in [5.41, 5.74) is 2.44. The number of nitrogens with zero attached hydrogens (tertiary/aromatic N) is 1. The molecule has 1 saturated heterocycles. The number of fused-ring (bicyclic) bond motifs is 1. The number of piperidine rings is 1. The third-order valence-corrected chi connectivity index (χ3v) is 5.55. The van der Waals surface area contributed by atoms with Crippen molar-refractivity contribution < 1.29 is 13.2 Å². The van der Waals surface area contributed by atoms with Gasteiger partial charge < -0.3 is 9.64 Å². The third-order valence-electron chi connectivity index (χ3n) is 4.94. The second kappa shape index (κ2) is 5.46. The monoisotopic (exact) mass is 338 g/mol. The van der Waals surface area contributed by atoms with E-state index in [9.17, 15) is 8.42 Å². The lowest BCUT2D eigenvalue weighted by atomic mass is 9.77. The first-order valence-electron chi connectivity index (χ1n) is 8.09. The number of hydrogen-bond donors (Lipinski definition) is 1. The normalized spacial score (nSPS) is 23.5. The molecule has 1 fully saturated rings. The molecular formula is C17H26N2O3S. The van der Waals surface area contributed by atoms with Crippen LogP contribution in [0.3, 0.4) is 0 Å². The molecule has 6 heteroatoms. The highest BCUT2D eigenvalue weighted by atomic mass is 32.2. The average molecular weight is 338 g/mol. The van der Waals surface area contributed by atoms with Crippen molar-refractivity contribution >= 4 is 15.7 Å². The van der Waals surface area contributed by atoms with E-state index in [1.54, 1.807) is 0 Å². The molecule has 0 aliphatic carbocycles. The second-order valence-electron chi connectivity index (χ2n) is 7.52. The molecule has 2 aliphatic rings. The Morgan fingerprint density at radius 2 is 1.87 bits per heavy atom. The first kappa shape index (κ1) is 16.7. The Morgan fingerprint density at radius 3 is 2.48 bits per heavy atom. The molecule has 23 heavy (non-hydrogen) atoms. The molecule has 1 aromatic carbocycles. The zero-order valence-electron chi connectivity index (χ0n) is 14.3. The van der Waals surface area contributed by atoms with E-state index < -0.39 is 15.6 Å². The van der Waals surface area contributed by atoms with Gasteiger partial charge in [-0.25, -0.2) is 8.42 Å². The molecule has 0 atom stereocenters. The molecule has 0 bridgehead atoms. The first-order valence-corrected chi connectivity index (χ1v) is 9.98. The van der Waals surface area contributed by atoms with E-state index in [-0.39, 0.29) is 5.60 Å². The molecule has 1 N–H and O–H groups in total. The lowest BCUT2D eigenvalue weighted by Crippen LogP contribution is -2.52. The van der Waals surface area contributed by atoms with Crippen LogP contribution in [0.4, 0.5) is 5.69 Å². The molecule has 2 aliphatic heterocycles. The van der Waals surface area contributed by atoms with Gasteiger partial charge in [0.1, 0.15) is 0 Å². The van der Waals surface area contributed by atoms with Crippen LogP contribution in [-0.2, 0) is 26.8 Å². The topological polar surface area (TPSA) is 58.6 Å². The fourth-order valence-corrected chi connectivity index (χ4v) is 4.41. The number of sulfonamides is 1. The van der Waals surface area contributed by atoms with Gasteiger partial charge in [-0.15, -0.1) is 0 Å². The minimum atomic E-state index is -3.27. The van der Waals surface area contributed by atoms with E-state index in [1.165, 1.54) is 11.8 Å². The summed E-state index contributed by atoms with van der Waals surface area (Å²) >= 11 is 0. The van der Waals surface area contributed by atoms with Crippen molar-refractivity contribution in [1.29, 1.82) is 0 Å². The summed E-state index contributed by atoms with van der Waals surface area (Å²) in [6, 6.07) is 5.81. The fourth-order valence-electron chi connectivity index (χ4n) is 3.85. The summed E-state index contributed by atoms with van der Waals surface area (Å²) in [5.74, 6) is 0. The Hall–Kier alpha value is -1.11. The molecule has 0 aromatic heterocycles. The van der Waals surface area contributed by atoms with Crippen molar-refractivity contribution in [2.24, 2.45) is 0 Å². The van der Waals surface area contributed by atoms with Crippen LogP contribution in [0.25, 0.3) is 0 Å². The van der Waals surface area contributed by atoms with Crippen LogP contribution in [0.5, 0.6) is 0 Å². The van der Waals surface area contributed by atoms with E-state index in [1.807, 2.05) is 18.2 Å². The zero-order chi connectivity index (χ0) is 16.9. The van der Waals surface area contributed by atoms with Crippen molar-refractivity contribution in [3.05, 3.63) is 29.3 Å². The zero-order valence-corrected chi connectivity index (χ0v) is 15.2. The molecule has 5 nitrogen and oxygen atoms in total. The number of benzene rings is 1. The number of likely N-dealkylation sites (tertiary alicyclic amines) is 1. The highest BCUT2D eigenvalue weighted by Crippen LogP contribution is 2.45. The van der Waals surface area contributed by atoms with Crippen molar-refractivity contribution in [3.63, 3.8) is 0 Å². The maximum atomic E-state index is 11.5. The number of anilines is 1. The number of hydrogen-bond acceptors (Lipinski definition) is 4. The van der Waals surface area contributed by atoms with Gasteiger partial charge in [0, 0.05) is 25.2 Å². The lowest BCUT2D eigenvalue weighted by Gasteiger charge is -2.49. The second-order valence-corrected chi connectivity index (χ2v) is 9.27.